The fourth-order valence-electron chi connectivity index (χ4n) is 2.48. The zero-order chi connectivity index (χ0) is 21.9. The van der Waals surface area contributed by atoms with Gasteiger partial charge in [-0.2, -0.15) is 8.78 Å². The summed E-state index contributed by atoms with van der Waals surface area (Å²) in [5.41, 5.74) is 1.50. The monoisotopic (exact) mass is 414 g/mol. The predicted molar refractivity (Wildman–Crippen MR) is 109 cm³/mol. The maximum atomic E-state index is 13.6. The number of nitrogens with one attached hydrogen (secondary N) is 2. The van der Waals surface area contributed by atoms with Gasteiger partial charge in [-0.3, -0.25) is 9.78 Å². The van der Waals surface area contributed by atoms with Crippen molar-refractivity contribution in [2.75, 3.05) is 29.6 Å². The Hall–Kier alpha value is -3.76. The summed E-state index contributed by atoms with van der Waals surface area (Å²) in [7, 11) is 3.69. The van der Waals surface area contributed by atoms with Crippen LogP contribution in [0.1, 0.15) is 19.7 Å². The summed E-state index contributed by atoms with van der Waals surface area (Å²) in [6, 6.07) is 3.02. The molecule has 0 radical (unpaired) electrons. The number of halogens is 2. The van der Waals surface area contributed by atoms with Gasteiger partial charge in [0.25, 0.3) is 0 Å². The number of pyridine rings is 1. The number of carbonyl (C=O) groups excluding carboxylic acids is 1. The van der Waals surface area contributed by atoms with E-state index in [1.165, 1.54) is 25.4 Å². The highest BCUT2D eigenvalue weighted by Gasteiger charge is 2.28. The van der Waals surface area contributed by atoms with Gasteiger partial charge in [-0.25, -0.2) is 19.9 Å². The molecule has 11 heteroatoms. The van der Waals surface area contributed by atoms with Crippen LogP contribution in [0.3, 0.4) is 0 Å². The number of hydrogen-bond acceptors (Lipinski definition) is 8. The van der Waals surface area contributed by atoms with E-state index in [0.29, 0.717) is 22.8 Å². The molecule has 0 fully saturated rings. The van der Waals surface area contributed by atoms with E-state index < -0.39 is 11.7 Å². The molecule has 3 rings (SSSR count). The molecule has 0 atom stereocenters. The van der Waals surface area contributed by atoms with Gasteiger partial charge in [-0.15, -0.1) is 0 Å². The molecule has 1 amide bonds. The largest absolute Gasteiger partial charge is 0.361 e. The number of rotatable bonds is 6. The summed E-state index contributed by atoms with van der Waals surface area (Å²) in [6.45, 7) is 2.08. The van der Waals surface area contributed by atoms with Crippen molar-refractivity contribution < 1.29 is 13.6 Å². The second-order valence-corrected chi connectivity index (χ2v) is 6.73. The van der Waals surface area contributed by atoms with Crippen LogP contribution in [-0.4, -0.2) is 44.9 Å². The molecule has 0 aromatic carbocycles. The number of alkyl halides is 2. The second-order valence-electron chi connectivity index (χ2n) is 6.73. The Morgan fingerprint density at radius 3 is 2.43 bits per heavy atom. The van der Waals surface area contributed by atoms with Crippen LogP contribution in [-0.2, 0) is 10.7 Å². The lowest BCUT2D eigenvalue weighted by Gasteiger charge is -2.15. The molecule has 9 nitrogen and oxygen atoms in total. The Kier molecular flexibility index (Phi) is 5.81. The number of nitrogens with zero attached hydrogens (tertiary/aromatic N) is 6. The molecule has 2 N–H and O–H groups in total. The first-order valence-corrected chi connectivity index (χ1v) is 8.89. The van der Waals surface area contributed by atoms with Gasteiger partial charge in [0.2, 0.25) is 11.7 Å². The average molecular weight is 414 g/mol. The van der Waals surface area contributed by atoms with E-state index in [1.807, 2.05) is 14.1 Å². The number of carbonyl (C=O) groups is 1. The first kappa shape index (κ1) is 21.0. The minimum atomic E-state index is -3.19. The van der Waals surface area contributed by atoms with Crippen molar-refractivity contribution in [1.29, 1.82) is 0 Å². The maximum Gasteiger partial charge on any atom is 0.303 e. The minimum absolute atomic E-state index is 0.153. The van der Waals surface area contributed by atoms with E-state index in [-0.39, 0.29) is 17.5 Å². The van der Waals surface area contributed by atoms with Gasteiger partial charge >= 0.3 is 5.92 Å². The van der Waals surface area contributed by atoms with Crippen molar-refractivity contribution in [3.8, 4) is 11.3 Å². The highest BCUT2D eigenvalue weighted by molar-refractivity contribution is 5.89. The molecule has 3 aromatic heterocycles. The third-order valence-electron chi connectivity index (χ3n) is 3.89. The molecule has 0 bridgehead atoms. The molecular weight excluding hydrogens is 394 g/mol. The third kappa shape index (κ3) is 4.99. The zero-order valence-corrected chi connectivity index (χ0v) is 16.8. The summed E-state index contributed by atoms with van der Waals surface area (Å²) in [6.07, 6.45) is 5.91. The standard InChI is InChI=1S/C19H20F2N8O/c1-11(30)26-16-7-13(27-15-5-6-22-18(28-15)19(2,20)21)12(8-24-16)14-9-25-17(10-23-14)29(3)4/h5-10H,1-4H3,(H2,22,24,26,27,28,30). The summed E-state index contributed by atoms with van der Waals surface area (Å²) < 4.78 is 27.2. The summed E-state index contributed by atoms with van der Waals surface area (Å²) >= 11 is 0. The van der Waals surface area contributed by atoms with Crippen molar-refractivity contribution in [3.05, 3.63) is 42.7 Å². The van der Waals surface area contributed by atoms with Crippen LogP contribution in [0, 0.1) is 0 Å². The lowest BCUT2D eigenvalue weighted by atomic mass is 10.1. The Morgan fingerprint density at radius 1 is 1.07 bits per heavy atom. The van der Waals surface area contributed by atoms with Crippen LogP contribution in [0.2, 0.25) is 0 Å². The van der Waals surface area contributed by atoms with Crippen LogP contribution in [0.5, 0.6) is 0 Å². The van der Waals surface area contributed by atoms with Gasteiger partial charge in [-0.1, -0.05) is 0 Å². The van der Waals surface area contributed by atoms with Crippen LogP contribution in [0.4, 0.5) is 31.9 Å². The molecule has 0 spiro atoms. The van der Waals surface area contributed by atoms with Gasteiger partial charge in [0.1, 0.15) is 17.5 Å². The maximum absolute atomic E-state index is 13.6. The Morgan fingerprint density at radius 2 is 1.83 bits per heavy atom. The minimum Gasteiger partial charge on any atom is -0.361 e. The van der Waals surface area contributed by atoms with E-state index in [9.17, 15) is 13.6 Å². The number of aromatic nitrogens is 5. The summed E-state index contributed by atoms with van der Waals surface area (Å²) in [5.74, 6) is -3.00. The molecule has 0 aliphatic rings. The molecule has 0 saturated carbocycles. The van der Waals surface area contributed by atoms with E-state index in [0.717, 1.165) is 6.92 Å². The second kappa shape index (κ2) is 8.31. The van der Waals surface area contributed by atoms with Crippen LogP contribution < -0.4 is 15.5 Å². The highest BCUT2D eigenvalue weighted by Crippen LogP contribution is 2.31. The van der Waals surface area contributed by atoms with E-state index >= 15 is 0 Å². The van der Waals surface area contributed by atoms with Gasteiger partial charge in [0, 0.05) is 52.0 Å². The lowest BCUT2D eigenvalue weighted by Crippen LogP contribution is -2.13. The number of anilines is 4. The van der Waals surface area contributed by atoms with Crippen molar-refractivity contribution in [1.82, 2.24) is 24.9 Å². The smallest absolute Gasteiger partial charge is 0.303 e. The van der Waals surface area contributed by atoms with Gasteiger partial charge in [0.05, 0.1) is 23.8 Å². The zero-order valence-electron chi connectivity index (χ0n) is 16.8. The Labute approximate surface area is 171 Å². The molecule has 3 aromatic rings. The first-order chi connectivity index (χ1) is 14.1. The lowest BCUT2D eigenvalue weighted by molar-refractivity contribution is -0.114. The van der Waals surface area contributed by atoms with Crippen LogP contribution >= 0.6 is 0 Å². The van der Waals surface area contributed by atoms with E-state index in [1.54, 1.807) is 23.4 Å². The number of hydrogen-bond donors (Lipinski definition) is 2. The van der Waals surface area contributed by atoms with Gasteiger partial charge in [-0.05, 0) is 6.07 Å². The summed E-state index contributed by atoms with van der Waals surface area (Å²) in [5, 5.41) is 5.56. The first-order valence-electron chi connectivity index (χ1n) is 8.89. The van der Waals surface area contributed by atoms with Crippen LogP contribution in [0.15, 0.2) is 36.9 Å². The molecule has 0 aliphatic heterocycles. The van der Waals surface area contributed by atoms with Gasteiger partial charge < -0.3 is 15.5 Å². The fraction of sp³-hybridized carbons (Fsp3) is 0.263. The molecule has 0 saturated heterocycles. The summed E-state index contributed by atoms with van der Waals surface area (Å²) in [4.78, 5) is 33.6. The predicted octanol–water partition coefficient (Wildman–Crippen LogP) is 3.21. The quantitative estimate of drug-likeness (QED) is 0.633. The average Bonchev–Trinajstić information content (AvgIpc) is 2.67. The topological polar surface area (TPSA) is 109 Å². The molecule has 3 heterocycles. The molecular formula is C19H20F2N8O. The van der Waals surface area contributed by atoms with Crippen molar-refractivity contribution in [2.45, 2.75) is 19.8 Å². The van der Waals surface area contributed by atoms with Crippen molar-refractivity contribution in [2.24, 2.45) is 0 Å². The molecule has 0 aliphatic carbocycles. The van der Waals surface area contributed by atoms with Crippen molar-refractivity contribution in [3.63, 3.8) is 0 Å². The van der Waals surface area contributed by atoms with Crippen molar-refractivity contribution >= 4 is 29.0 Å². The third-order valence-corrected chi connectivity index (χ3v) is 3.89. The molecule has 156 valence electrons. The van der Waals surface area contributed by atoms with E-state index in [4.69, 9.17) is 0 Å². The SMILES string of the molecule is CC(=O)Nc1cc(Nc2ccnc(C(C)(F)F)n2)c(-c2cnc(N(C)C)cn2)cn1. The normalized spacial score (nSPS) is 11.1. The van der Waals surface area contributed by atoms with Gasteiger partial charge in [0.15, 0.2) is 0 Å². The molecule has 30 heavy (non-hydrogen) atoms. The fourth-order valence-corrected chi connectivity index (χ4v) is 2.48. The number of amides is 1. The van der Waals surface area contributed by atoms with E-state index in [2.05, 4.69) is 35.6 Å². The molecule has 0 unspecified atom stereocenters. The Bertz CT molecular complexity index is 1050. The van der Waals surface area contributed by atoms with Crippen LogP contribution in [0.25, 0.3) is 11.3 Å². The Balaban J connectivity index is 2.03. The highest BCUT2D eigenvalue weighted by atomic mass is 19.3.